The fourth-order valence-electron chi connectivity index (χ4n) is 3.54. The Morgan fingerprint density at radius 1 is 1.43 bits per heavy atom. The van der Waals surface area contributed by atoms with E-state index in [2.05, 4.69) is 0 Å². The van der Waals surface area contributed by atoms with E-state index in [0.29, 0.717) is 32.1 Å². The minimum absolute atomic E-state index is 0.0754. The van der Waals surface area contributed by atoms with E-state index in [9.17, 15) is 20.0 Å². The molecule has 3 rings (SSSR count). The molecule has 0 aromatic rings. The van der Waals surface area contributed by atoms with Crippen molar-refractivity contribution in [3.63, 3.8) is 0 Å². The van der Waals surface area contributed by atoms with Gasteiger partial charge in [-0.25, -0.2) is 4.79 Å². The van der Waals surface area contributed by atoms with Gasteiger partial charge in [-0.05, 0) is 19.9 Å². The molecular weight excluding hydrogens is 304 g/mol. The van der Waals surface area contributed by atoms with Crippen LogP contribution in [-0.2, 0) is 14.3 Å². The van der Waals surface area contributed by atoms with Crippen LogP contribution in [0.3, 0.4) is 0 Å². The second-order valence-corrected chi connectivity index (χ2v) is 6.55. The summed E-state index contributed by atoms with van der Waals surface area (Å²) < 4.78 is 11.0. The number of morpholine rings is 1. The molecule has 1 aliphatic carbocycles. The highest BCUT2D eigenvalue weighted by Gasteiger charge is 2.53. The molecule has 0 aromatic carbocycles. The summed E-state index contributed by atoms with van der Waals surface area (Å²) in [4.78, 5) is 24.6. The zero-order chi connectivity index (χ0) is 16.8. The molecule has 3 unspecified atom stereocenters. The molecule has 2 heterocycles. The SMILES string of the molecule is CC1(C(=O)O)CC2C=C([N+](=O)[O-])C(C)(N3CCOCC3)C=C2O1. The van der Waals surface area contributed by atoms with Gasteiger partial charge in [-0.2, -0.15) is 0 Å². The normalized spacial score (nSPS) is 37.4. The topological polar surface area (TPSA) is 102 Å². The van der Waals surface area contributed by atoms with E-state index in [1.807, 2.05) is 4.90 Å². The van der Waals surface area contributed by atoms with Crippen molar-refractivity contribution < 1.29 is 24.3 Å². The highest BCUT2D eigenvalue weighted by molar-refractivity contribution is 5.78. The third kappa shape index (κ3) is 2.51. The first-order chi connectivity index (χ1) is 10.8. The largest absolute Gasteiger partial charge is 0.480 e. The Labute approximate surface area is 133 Å². The molecule has 0 saturated carbocycles. The number of carboxylic acids is 1. The Bertz CT molecular complexity index is 609. The van der Waals surface area contributed by atoms with Gasteiger partial charge in [-0.1, -0.05) is 0 Å². The van der Waals surface area contributed by atoms with Gasteiger partial charge < -0.3 is 14.6 Å². The summed E-state index contributed by atoms with van der Waals surface area (Å²) in [6.07, 6.45) is 3.47. The monoisotopic (exact) mass is 324 g/mol. The van der Waals surface area contributed by atoms with Gasteiger partial charge in [0.2, 0.25) is 5.60 Å². The van der Waals surface area contributed by atoms with Crippen LogP contribution in [0.1, 0.15) is 20.3 Å². The molecule has 0 bridgehead atoms. The lowest BCUT2D eigenvalue weighted by Crippen LogP contribution is -2.54. The minimum atomic E-state index is -1.34. The van der Waals surface area contributed by atoms with Crippen LogP contribution in [-0.4, -0.2) is 58.3 Å². The van der Waals surface area contributed by atoms with Crippen LogP contribution in [0.25, 0.3) is 0 Å². The number of ether oxygens (including phenoxy) is 2. The number of hydrogen-bond donors (Lipinski definition) is 1. The summed E-state index contributed by atoms with van der Waals surface area (Å²) in [6.45, 7) is 5.45. The highest BCUT2D eigenvalue weighted by Crippen LogP contribution is 2.45. The molecule has 23 heavy (non-hydrogen) atoms. The molecule has 3 atom stereocenters. The summed E-state index contributed by atoms with van der Waals surface area (Å²) in [5.41, 5.74) is -2.19. The number of carboxylic acid groups (broad SMARTS) is 1. The summed E-state index contributed by atoms with van der Waals surface area (Å²) in [7, 11) is 0. The van der Waals surface area contributed by atoms with E-state index < -0.39 is 17.1 Å². The lowest BCUT2D eigenvalue weighted by Gasteiger charge is -2.40. The second kappa shape index (κ2) is 5.31. The summed E-state index contributed by atoms with van der Waals surface area (Å²) in [5.74, 6) is -0.919. The van der Waals surface area contributed by atoms with Crippen molar-refractivity contribution in [1.29, 1.82) is 0 Å². The third-order valence-corrected chi connectivity index (χ3v) is 4.94. The van der Waals surface area contributed by atoms with Crippen LogP contribution < -0.4 is 0 Å². The van der Waals surface area contributed by atoms with Crippen LogP contribution in [0.2, 0.25) is 0 Å². The molecule has 2 fully saturated rings. The molecule has 8 heteroatoms. The molecule has 2 aliphatic heterocycles. The second-order valence-electron chi connectivity index (χ2n) is 6.55. The quantitative estimate of drug-likeness (QED) is 0.610. The highest BCUT2D eigenvalue weighted by atomic mass is 16.6. The first-order valence-electron chi connectivity index (χ1n) is 7.61. The van der Waals surface area contributed by atoms with E-state index in [1.54, 1.807) is 19.1 Å². The zero-order valence-corrected chi connectivity index (χ0v) is 13.2. The van der Waals surface area contributed by atoms with Crippen molar-refractivity contribution >= 4 is 5.97 Å². The molecule has 3 aliphatic rings. The van der Waals surface area contributed by atoms with Gasteiger partial charge >= 0.3 is 5.97 Å². The van der Waals surface area contributed by atoms with Gasteiger partial charge in [-0.3, -0.25) is 15.0 Å². The first kappa shape index (κ1) is 15.9. The van der Waals surface area contributed by atoms with E-state index >= 15 is 0 Å². The van der Waals surface area contributed by atoms with Crippen molar-refractivity contribution in [2.45, 2.75) is 31.4 Å². The van der Waals surface area contributed by atoms with Gasteiger partial charge in [0, 0.05) is 31.5 Å². The van der Waals surface area contributed by atoms with Crippen molar-refractivity contribution in [2.75, 3.05) is 26.3 Å². The molecule has 0 aromatic heterocycles. The summed E-state index contributed by atoms with van der Waals surface area (Å²) >= 11 is 0. The number of hydrogen-bond acceptors (Lipinski definition) is 6. The molecule has 0 radical (unpaired) electrons. The number of fused-ring (bicyclic) bond motifs is 1. The molecule has 1 N–H and O–H groups in total. The lowest BCUT2D eigenvalue weighted by atomic mass is 9.82. The van der Waals surface area contributed by atoms with Gasteiger partial charge in [-0.15, -0.1) is 0 Å². The van der Waals surface area contributed by atoms with Crippen LogP contribution in [0, 0.1) is 16.0 Å². The van der Waals surface area contributed by atoms with Crippen LogP contribution >= 0.6 is 0 Å². The lowest BCUT2D eigenvalue weighted by molar-refractivity contribution is -0.438. The third-order valence-electron chi connectivity index (χ3n) is 4.94. The van der Waals surface area contributed by atoms with Crippen molar-refractivity contribution in [2.24, 2.45) is 5.92 Å². The fourth-order valence-corrected chi connectivity index (χ4v) is 3.54. The fraction of sp³-hybridized carbons (Fsp3) is 0.667. The molecule has 2 saturated heterocycles. The summed E-state index contributed by atoms with van der Waals surface area (Å²) in [6, 6.07) is 0. The Hall–Kier alpha value is -1.93. The van der Waals surface area contributed by atoms with Crippen molar-refractivity contribution in [3.8, 4) is 0 Å². The average molecular weight is 324 g/mol. The molecule has 126 valence electrons. The maximum absolute atomic E-state index is 11.6. The summed E-state index contributed by atoms with van der Waals surface area (Å²) in [5, 5.41) is 20.9. The number of nitrogens with zero attached hydrogens (tertiary/aromatic N) is 2. The number of aliphatic carboxylic acids is 1. The molecule has 8 nitrogen and oxygen atoms in total. The first-order valence-corrected chi connectivity index (χ1v) is 7.61. The van der Waals surface area contributed by atoms with Crippen LogP contribution in [0.15, 0.2) is 23.6 Å². The number of allylic oxidation sites excluding steroid dienone is 1. The maximum atomic E-state index is 11.6. The number of rotatable bonds is 3. The standard InChI is InChI=1S/C15H20N2O6/c1-14(16-3-5-22-6-4-16)9-11-10(7-12(14)17(20)21)8-15(2,23-11)13(18)19/h7,9-10H,3-6,8H2,1-2H3,(H,18,19). The van der Waals surface area contributed by atoms with Crippen molar-refractivity contribution in [3.05, 3.63) is 33.7 Å². The Morgan fingerprint density at radius 3 is 2.65 bits per heavy atom. The van der Waals surface area contributed by atoms with E-state index in [-0.39, 0.29) is 23.0 Å². The number of nitro groups is 1. The van der Waals surface area contributed by atoms with E-state index in [4.69, 9.17) is 9.47 Å². The zero-order valence-electron chi connectivity index (χ0n) is 13.2. The van der Waals surface area contributed by atoms with Gasteiger partial charge in [0.05, 0.1) is 18.1 Å². The van der Waals surface area contributed by atoms with Crippen LogP contribution in [0.5, 0.6) is 0 Å². The van der Waals surface area contributed by atoms with Gasteiger partial charge in [0.25, 0.3) is 5.70 Å². The predicted octanol–water partition coefficient (Wildman–Crippen LogP) is 1.02. The predicted molar refractivity (Wildman–Crippen MR) is 79.2 cm³/mol. The molecular formula is C15H20N2O6. The van der Waals surface area contributed by atoms with Gasteiger partial charge in [0.15, 0.2) is 0 Å². The Kier molecular flexibility index (Phi) is 3.68. The minimum Gasteiger partial charge on any atom is -0.480 e. The van der Waals surface area contributed by atoms with E-state index in [1.165, 1.54) is 6.92 Å². The molecule has 0 amide bonds. The van der Waals surface area contributed by atoms with E-state index in [0.717, 1.165) is 0 Å². The maximum Gasteiger partial charge on any atom is 0.347 e. The Morgan fingerprint density at radius 2 is 2.09 bits per heavy atom. The molecule has 0 spiro atoms. The average Bonchev–Trinajstić information content (AvgIpc) is 2.83. The number of carbonyl (C=O) groups is 1. The smallest absolute Gasteiger partial charge is 0.347 e. The Balaban J connectivity index is 1.99. The van der Waals surface area contributed by atoms with Gasteiger partial charge in [0.1, 0.15) is 11.3 Å². The van der Waals surface area contributed by atoms with Crippen molar-refractivity contribution in [1.82, 2.24) is 4.90 Å². The van der Waals surface area contributed by atoms with Crippen LogP contribution in [0.4, 0.5) is 0 Å².